The normalized spacial score (nSPS) is 12.2. The van der Waals surface area contributed by atoms with Crippen molar-refractivity contribution in [3.05, 3.63) is 34.6 Å². The second-order valence-electron chi connectivity index (χ2n) is 3.28. The molecule has 0 aliphatic rings. The predicted octanol–water partition coefficient (Wildman–Crippen LogP) is 2.43. The first-order valence-corrected chi connectivity index (χ1v) is 5.28. The molecule has 0 aromatic heterocycles. The van der Waals surface area contributed by atoms with Gasteiger partial charge in [0.1, 0.15) is 5.82 Å². The number of benzene rings is 1. The number of ether oxygens (including phenoxy) is 1. The Hall–Kier alpha value is -1.13. The van der Waals surface area contributed by atoms with Gasteiger partial charge in [0.15, 0.2) is 0 Å². The molecule has 1 aromatic carbocycles. The minimum absolute atomic E-state index is 0.0492. The molecule has 16 heavy (non-hydrogen) atoms. The van der Waals surface area contributed by atoms with Crippen LogP contribution in [-0.4, -0.2) is 12.6 Å². The summed E-state index contributed by atoms with van der Waals surface area (Å²) in [6.07, 6.45) is -0.0492. The lowest BCUT2D eigenvalue weighted by Crippen LogP contribution is -2.18. The molecule has 3 nitrogen and oxygen atoms in total. The maximum absolute atomic E-state index is 13.4. The second kappa shape index (κ2) is 5.82. The number of rotatable bonds is 4. The van der Waals surface area contributed by atoms with Gasteiger partial charge in [-0.1, -0.05) is 17.7 Å². The summed E-state index contributed by atoms with van der Waals surface area (Å²) in [7, 11) is 0. The first kappa shape index (κ1) is 12.9. The molecule has 0 spiro atoms. The SMILES string of the molecule is CCOC(=O)C[C@@H](N)c1ccc(Cl)cc1F. The zero-order chi connectivity index (χ0) is 12.1. The second-order valence-corrected chi connectivity index (χ2v) is 3.72. The molecule has 0 saturated heterocycles. The van der Waals surface area contributed by atoms with Gasteiger partial charge in [-0.25, -0.2) is 4.39 Å². The molecule has 0 aliphatic carbocycles. The van der Waals surface area contributed by atoms with E-state index in [9.17, 15) is 9.18 Å². The highest BCUT2D eigenvalue weighted by Gasteiger charge is 2.16. The van der Waals surface area contributed by atoms with Gasteiger partial charge in [0, 0.05) is 16.6 Å². The molecule has 0 unspecified atom stereocenters. The highest BCUT2D eigenvalue weighted by molar-refractivity contribution is 6.30. The Morgan fingerprint density at radius 2 is 2.31 bits per heavy atom. The van der Waals surface area contributed by atoms with Crippen molar-refractivity contribution in [3.63, 3.8) is 0 Å². The van der Waals surface area contributed by atoms with Crippen LogP contribution in [0.4, 0.5) is 4.39 Å². The average Bonchev–Trinajstić information content (AvgIpc) is 2.17. The number of esters is 1. The first-order chi connectivity index (χ1) is 7.54. The molecule has 1 rings (SSSR count). The van der Waals surface area contributed by atoms with Crippen LogP contribution in [0.1, 0.15) is 24.9 Å². The van der Waals surface area contributed by atoms with Crippen molar-refractivity contribution < 1.29 is 13.9 Å². The quantitative estimate of drug-likeness (QED) is 0.829. The number of nitrogens with two attached hydrogens (primary N) is 1. The van der Waals surface area contributed by atoms with Gasteiger partial charge in [-0.15, -0.1) is 0 Å². The summed E-state index contributed by atoms with van der Waals surface area (Å²) < 4.78 is 18.2. The van der Waals surface area contributed by atoms with Crippen molar-refractivity contribution in [2.75, 3.05) is 6.61 Å². The summed E-state index contributed by atoms with van der Waals surface area (Å²) in [5, 5.41) is 0.296. The lowest BCUT2D eigenvalue weighted by Gasteiger charge is -2.12. The lowest BCUT2D eigenvalue weighted by molar-refractivity contribution is -0.143. The number of carbonyl (C=O) groups is 1. The zero-order valence-corrected chi connectivity index (χ0v) is 9.63. The van der Waals surface area contributed by atoms with Crippen LogP contribution >= 0.6 is 11.6 Å². The average molecular weight is 246 g/mol. The Kier molecular flexibility index (Phi) is 4.71. The van der Waals surface area contributed by atoms with Gasteiger partial charge in [-0.2, -0.15) is 0 Å². The zero-order valence-electron chi connectivity index (χ0n) is 8.87. The molecule has 5 heteroatoms. The summed E-state index contributed by atoms with van der Waals surface area (Å²) in [6, 6.07) is 3.46. The van der Waals surface area contributed by atoms with Crippen LogP contribution in [0, 0.1) is 5.82 Å². The van der Waals surface area contributed by atoms with Crippen LogP contribution < -0.4 is 5.73 Å². The third kappa shape index (κ3) is 3.47. The Morgan fingerprint density at radius 3 is 2.88 bits per heavy atom. The van der Waals surface area contributed by atoms with E-state index < -0.39 is 17.8 Å². The third-order valence-electron chi connectivity index (χ3n) is 2.05. The summed E-state index contributed by atoms with van der Waals surface area (Å²) in [5.41, 5.74) is 5.95. The number of carbonyl (C=O) groups excluding carboxylic acids is 1. The predicted molar refractivity (Wildman–Crippen MR) is 59.6 cm³/mol. The summed E-state index contributed by atoms with van der Waals surface area (Å²) >= 11 is 5.60. The number of halogens is 2. The summed E-state index contributed by atoms with van der Waals surface area (Å²) in [5.74, 6) is -0.950. The van der Waals surface area contributed by atoms with E-state index in [1.807, 2.05) is 0 Å². The van der Waals surface area contributed by atoms with Crippen molar-refractivity contribution in [2.45, 2.75) is 19.4 Å². The largest absolute Gasteiger partial charge is 0.466 e. The van der Waals surface area contributed by atoms with Gasteiger partial charge in [0.25, 0.3) is 0 Å². The molecule has 88 valence electrons. The van der Waals surface area contributed by atoms with E-state index in [0.717, 1.165) is 0 Å². The minimum atomic E-state index is -0.712. The van der Waals surface area contributed by atoms with Crippen LogP contribution in [0.2, 0.25) is 5.02 Å². The monoisotopic (exact) mass is 245 g/mol. The van der Waals surface area contributed by atoms with Gasteiger partial charge < -0.3 is 10.5 Å². The standard InChI is InChI=1S/C11H13ClFNO2/c1-2-16-11(15)6-10(14)8-4-3-7(12)5-9(8)13/h3-5,10H,2,6,14H2,1H3/t10-/m1/s1. The molecular formula is C11H13ClFNO2. The fourth-order valence-electron chi connectivity index (χ4n) is 1.31. The maximum Gasteiger partial charge on any atom is 0.307 e. The van der Waals surface area contributed by atoms with E-state index in [1.54, 1.807) is 6.92 Å². The smallest absolute Gasteiger partial charge is 0.307 e. The molecule has 0 bridgehead atoms. The Balaban J connectivity index is 2.72. The van der Waals surface area contributed by atoms with Crippen LogP contribution in [0.25, 0.3) is 0 Å². The van der Waals surface area contributed by atoms with E-state index in [0.29, 0.717) is 5.02 Å². The molecule has 0 radical (unpaired) electrons. The molecule has 1 aromatic rings. The fourth-order valence-corrected chi connectivity index (χ4v) is 1.47. The number of hydrogen-bond acceptors (Lipinski definition) is 3. The number of hydrogen-bond donors (Lipinski definition) is 1. The van der Waals surface area contributed by atoms with Gasteiger partial charge in [-0.05, 0) is 19.1 Å². The van der Waals surface area contributed by atoms with Gasteiger partial charge >= 0.3 is 5.97 Å². The van der Waals surface area contributed by atoms with E-state index in [4.69, 9.17) is 22.1 Å². The third-order valence-corrected chi connectivity index (χ3v) is 2.29. The van der Waals surface area contributed by atoms with Crippen molar-refractivity contribution in [3.8, 4) is 0 Å². The van der Waals surface area contributed by atoms with Crippen LogP contribution in [0.15, 0.2) is 18.2 Å². The molecule has 0 fully saturated rings. The van der Waals surface area contributed by atoms with Crippen molar-refractivity contribution in [1.29, 1.82) is 0 Å². The van der Waals surface area contributed by atoms with Crippen LogP contribution in [-0.2, 0) is 9.53 Å². The van der Waals surface area contributed by atoms with Crippen LogP contribution in [0.5, 0.6) is 0 Å². The topological polar surface area (TPSA) is 52.3 Å². The van der Waals surface area contributed by atoms with E-state index in [-0.39, 0.29) is 18.6 Å². The van der Waals surface area contributed by atoms with E-state index >= 15 is 0 Å². The van der Waals surface area contributed by atoms with Crippen molar-refractivity contribution in [1.82, 2.24) is 0 Å². The van der Waals surface area contributed by atoms with E-state index in [2.05, 4.69) is 0 Å². The molecule has 0 aliphatic heterocycles. The van der Waals surface area contributed by atoms with Gasteiger partial charge in [-0.3, -0.25) is 4.79 Å². The molecular weight excluding hydrogens is 233 g/mol. The Labute approximate surface area is 98.3 Å². The fraction of sp³-hybridized carbons (Fsp3) is 0.364. The molecule has 0 amide bonds. The van der Waals surface area contributed by atoms with Crippen molar-refractivity contribution >= 4 is 17.6 Å². The lowest BCUT2D eigenvalue weighted by atomic mass is 10.0. The Morgan fingerprint density at radius 1 is 1.62 bits per heavy atom. The maximum atomic E-state index is 13.4. The van der Waals surface area contributed by atoms with Gasteiger partial charge in [0.05, 0.1) is 13.0 Å². The summed E-state index contributed by atoms with van der Waals surface area (Å²) in [6.45, 7) is 1.99. The first-order valence-electron chi connectivity index (χ1n) is 4.90. The van der Waals surface area contributed by atoms with Crippen molar-refractivity contribution in [2.24, 2.45) is 5.73 Å². The molecule has 1 atom stereocenters. The minimum Gasteiger partial charge on any atom is -0.466 e. The molecule has 2 N–H and O–H groups in total. The molecule has 0 saturated carbocycles. The van der Waals surface area contributed by atoms with Gasteiger partial charge in [0.2, 0.25) is 0 Å². The Bertz CT molecular complexity index is 384. The highest BCUT2D eigenvalue weighted by Crippen LogP contribution is 2.21. The highest BCUT2D eigenvalue weighted by atomic mass is 35.5. The van der Waals surface area contributed by atoms with Crippen LogP contribution in [0.3, 0.4) is 0 Å². The van der Waals surface area contributed by atoms with E-state index in [1.165, 1.54) is 18.2 Å². The molecule has 0 heterocycles. The summed E-state index contributed by atoms with van der Waals surface area (Å²) in [4.78, 5) is 11.2.